The average molecular weight is 473 g/mol. The Hall–Kier alpha value is -1.78. The summed E-state index contributed by atoms with van der Waals surface area (Å²) in [7, 11) is 0. The SMILES string of the molecule is CCCCCCCCCC1COC(c2ccc(-c3ccc(CCCCC)c(F)c3F)cc2)OC1. The van der Waals surface area contributed by atoms with E-state index in [9.17, 15) is 8.78 Å². The zero-order chi connectivity index (χ0) is 24.2. The van der Waals surface area contributed by atoms with Gasteiger partial charge in [-0.05, 0) is 30.4 Å². The molecule has 0 atom stereocenters. The Morgan fingerprint density at radius 1 is 0.706 bits per heavy atom. The fourth-order valence-corrected chi connectivity index (χ4v) is 4.68. The van der Waals surface area contributed by atoms with Crippen LogP contribution < -0.4 is 0 Å². The minimum atomic E-state index is -0.764. The van der Waals surface area contributed by atoms with Crippen molar-refractivity contribution in [1.29, 1.82) is 0 Å². The molecule has 34 heavy (non-hydrogen) atoms. The minimum absolute atomic E-state index is 0.295. The second-order valence-corrected chi connectivity index (χ2v) is 9.75. The van der Waals surface area contributed by atoms with Crippen molar-refractivity contribution < 1.29 is 18.3 Å². The number of ether oxygens (including phenoxy) is 2. The van der Waals surface area contributed by atoms with Crippen LogP contribution in [0.3, 0.4) is 0 Å². The molecule has 1 saturated heterocycles. The van der Waals surface area contributed by atoms with Crippen LogP contribution in [0.2, 0.25) is 0 Å². The maximum Gasteiger partial charge on any atom is 0.183 e. The smallest absolute Gasteiger partial charge is 0.183 e. The first-order chi connectivity index (χ1) is 16.6. The van der Waals surface area contributed by atoms with Crippen molar-refractivity contribution in [3.05, 3.63) is 59.2 Å². The van der Waals surface area contributed by atoms with Crippen molar-refractivity contribution in [2.24, 2.45) is 5.92 Å². The van der Waals surface area contributed by atoms with E-state index >= 15 is 0 Å². The third-order valence-corrected chi connectivity index (χ3v) is 6.89. The summed E-state index contributed by atoms with van der Waals surface area (Å²) in [5, 5.41) is 0. The van der Waals surface area contributed by atoms with E-state index in [0.29, 0.717) is 42.2 Å². The average Bonchev–Trinajstić information content (AvgIpc) is 2.87. The summed E-state index contributed by atoms with van der Waals surface area (Å²) in [5.74, 6) is -1.03. The van der Waals surface area contributed by atoms with Crippen LogP contribution in [0.5, 0.6) is 0 Å². The van der Waals surface area contributed by atoms with Crippen molar-refractivity contribution >= 4 is 0 Å². The van der Waals surface area contributed by atoms with Gasteiger partial charge in [0.25, 0.3) is 0 Å². The molecule has 0 spiro atoms. The molecule has 0 amide bonds. The lowest BCUT2D eigenvalue weighted by Crippen LogP contribution is -2.27. The number of halogens is 2. The van der Waals surface area contributed by atoms with Crippen LogP contribution in [0.4, 0.5) is 8.78 Å². The van der Waals surface area contributed by atoms with Gasteiger partial charge in [0.1, 0.15) is 0 Å². The van der Waals surface area contributed by atoms with Crippen molar-refractivity contribution in [3.63, 3.8) is 0 Å². The molecule has 2 aromatic carbocycles. The van der Waals surface area contributed by atoms with Crippen LogP contribution in [-0.4, -0.2) is 13.2 Å². The zero-order valence-electron chi connectivity index (χ0n) is 21.1. The summed E-state index contributed by atoms with van der Waals surface area (Å²) < 4.78 is 41.2. The molecule has 0 unspecified atom stereocenters. The lowest BCUT2D eigenvalue weighted by molar-refractivity contribution is -0.206. The van der Waals surface area contributed by atoms with Crippen LogP contribution in [0.25, 0.3) is 11.1 Å². The van der Waals surface area contributed by atoms with E-state index in [4.69, 9.17) is 9.47 Å². The molecule has 0 radical (unpaired) electrons. The number of rotatable bonds is 14. The van der Waals surface area contributed by atoms with E-state index in [1.54, 1.807) is 12.1 Å². The quantitative estimate of drug-likeness (QED) is 0.255. The molecule has 2 aromatic rings. The van der Waals surface area contributed by atoms with Crippen LogP contribution >= 0.6 is 0 Å². The van der Waals surface area contributed by atoms with Crippen molar-refractivity contribution in [2.45, 2.75) is 97.2 Å². The highest BCUT2D eigenvalue weighted by molar-refractivity contribution is 5.65. The molecule has 2 nitrogen and oxygen atoms in total. The van der Waals surface area contributed by atoms with Gasteiger partial charge in [-0.15, -0.1) is 0 Å². The van der Waals surface area contributed by atoms with Crippen molar-refractivity contribution in [3.8, 4) is 11.1 Å². The molecular weight excluding hydrogens is 430 g/mol. The van der Waals surface area contributed by atoms with Gasteiger partial charge in [0.2, 0.25) is 0 Å². The monoisotopic (exact) mass is 472 g/mol. The number of benzene rings is 2. The van der Waals surface area contributed by atoms with Gasteiger partial charge in [-0.3, -0.25) is 0 Å². The Morgan fingerprint density at radius 3 is 2.00 bits per heavy atom. The van der Waals surface area contributed by atoms with Crippen molar-refractivity contribution in [1.82, 2.24) is 0 Å². The van der Waals surface area contributed by atoms with Gasteiger partial charge in [-0.1, -0.05) is 108 Å². The third-order valence-electron chi connectivity index (χ3n) is 6.89. The van der Waals surface area contributed by atoms with Gasteiger partial charge in [-0.25, -0.2) is 8.78 Å². The summed E-state index contributed by atoms with van der Waals surface area (Å²) in [6.45, 7) is 5.77. The first-order valence-electron chi connectivity index (χ1n) is 13.4. The maximum atomic E-state index is 14.7. The number of aryl methyl sites for hydroxylation is 1. The van der Waals surface area contributed by atoms with Crippen LogP contribution in [-0.2, 0) is 15.9 Å². The summed E-state index contributed by atoms with van der Waals surface area (Å²) in [4.78, 5) is 0. The van der Waals surface area contributed by atoms with E-state index in [2.05, 4.69) is 13.8 Å². The Balaban J connectivity index is 1.47. The zero-order valence-corrected chi connectivity index (χ0v) is 21.1. The van der Waals surface area contributed by atoms with Gasteiger partial charge in [0.15, 0.2) is 17.9 Å². The maximum absolute atomic E-state index is 14.7. The minimum Gasteiger partial charge on any atom is -0.348 e. The molecule has 0 aromatic heterocycles. The molecular formula is C30H42F2O2. The van der Waals surface area contributed by atoms with E-state index in [0.717, 1.165) is 31.2 Å². The Kier molecular flexibility index (Phi) is 11.5. The molecule has 0 saturated carbocycles. The molecule has 3 rings (SSSR count). The summed E-state index contributed by atoms with van der Waals surface area (Å²) in [5.41, 5.74) is 2.33. The lowest BCUT2D eigenvalue weighted by Gasteiger charge is -2.29. The molecule has 1 aliphatic rings. The normalized spacial score (nSPS) is 18.4. The predicted molar refractivity (Wildman–Crippen MR) is 136 cm³/mol. The highest BCUT2D eigenvalue weighted by Gasteiger charge is 2.23. The van der Waals surface area contributed by atoms with E-state index in [-0.39, 0.29) is 6.29 Å². The standard InChI is InChI=1S/C30H42F2O2/c1-3-5-7-8-9-10-12-13-23-21-33-30(34-22-23)26-17-15-24(16-18-26)27-20-19-25(14-11-6-4-2)28(31)29(27)32/h15-20,23,30H,3-14,21-22H2,1-2H3. The van der Waals surface area contributed by atoms with E-state index in [1.807, 2.05) is 24.3 Å². The molecule has 0 bridgehead atoms. The second-order valence-electron chi connectivity index (χ2n) is 9.75. The first-order valence-corrected chi connectivity index (χ1v) is 13.4. The summed E-state index contributed by atoms with van der Waals surface area (Å²) in [6.07, 6.45) is 13.5. The molecule has 0 N–H and O–H groups in total. The first kappa shape index (κ1) is 26.8. The fourth-order valence-electron chi connectivity index (χ4n) is 4.68. The lowest BCUT2D eigenvalue weighted by atomic mass is 9.98. The Labute approximate surface area is 205 Å². The number of unbranched alkanes of at least 4 members (excludes halogenated alkanes) is 8. The topological polar surface area (TPSA) is 18.5 Å². The largest absolute Gasteiger partial charge is 0.348 e. The molecule has 0 aliphatic carbocycles. The molecule has 188 valence electrons. The van der Waals surface area contributed by atoms with Gasteiger partial charge < -0.3 is 9.47 Å². The molecule has 4 heteroatoms. The number of hydrogen-bond acceptors (Lipinski definition) is 2. The van der Waals surface area contributed by atoms with Gasteiger partial charge in [-0.2, -0.15) is 0 Å². The van der Waals surface area contributed by atoms with E-state index in [1.165, 1.54) is 44.9 Å². The van der Waals surface area contributed by atoms with Gasteiger partial charge in [0, 0.05) is 17.0 Å². The highest BCUT2D eigenvalue weighted by Crippen LogP contribution is 2.31. The third kappa shape index (κ3) is 7.88. The van der Waals surface area contributed by atoms with Crippen LogP contribution in [0.15, 0.2) is 36.4 Å². The molecule has 1 fully saturated rings. The molecule has 1 heterocycles. The molecule has 1 aliphatic heterocycles. The van der Waals surface area contributed by atoms with Crippen LogP contribution in [0.1, 0.15) is 102 Å². The Bertz CT molecular complexity index is 842. The number of hydrogen-bond donors (Lipinski definition) is 0. The van der Waals surface area contributed by atoms with Gasteiger partial charge >= 0.3 is 0 Å². The predicted octanol–water partition coefficient (Wildman–Crippen LogP) is 9.17. The fraction of sp³-hybridized carbons (Fsp3) is 0.600. The van der Waals surface area contributed by atoms with Crippen LogP contribution in [0, 0.1) is 17.6 Å². The second kappa shape index (κ2) is 14.6. The summed E-state index contributed by atoms with van der Waals surface area (Å²) in [6, 6.07) is 10.8. The Morgan fingerprint density at radius 2 is 1.32 bits per heavy atom. The van der Waals surface area contributed by atoms with Crippen molar-refractivity contribution in [2.75, 3.05) is 13.2 Å². The highest BCUT2D eigenvalue weighted by atomic mass is 19.2. The van der Waals surface area contributed by atoms with Gasteiger partial charge in [0.05, 0.1) is 13.2 Å². The van der Waals surface area contributed by atoms with E-state index < -0.39 is 11.6 Å². The summed E-state index contributed by atoms with van der Waals surface area (Å²) >= 11 is 0.